The molecule has 2 aliphatic heterocycles. The number of amides is 2. The van der Waals surface area contributed by atoms with Crippen LogP contribution in [0.15, 0.2) is 66.7 Å². The van der Waals surface area contributed by atoms with Gasteiger partial charge in [0, 0.05) is 28.9 Å². The number of hydrogen-bond acceptors (Lipinski definition) is 6. The number of benzene rings is 3. The van der Waals surface area contributed by atoms with E-state index in [1.54, 1.807) is 42.5 Å². The number of aromatic nitrogens is 2. The lowest BCUT2D eigenvalue weighted by molar-refractivity contribution is 0.0704. The van der Waals surface area contributed by atoms with Gasteiger partial charge < -0.3 is 14.8 Å². The van der Waals surface area contributed by atoms with Gasteiger partial charge in [-0.2, -0.15) is 0 Å². The molecule has 1 aromatic heterocycles. The van der Waals surface area contributed by atoms with E-state index >= 15 is 0 Å². The summed E-state index contributed by atoms with van der Waals surface area (Å²) in [7, 11) is 0. The van der Waals surface area contributed by atoms with Crippen LogP contribution in [0.3, 0.4) is 0 Å². The number of H-pyrrole nitrogens is 1. The zero-order chi connectivity index (χ0) is 27.0. The molecule has 1 fully saturated rings. The molecule has 0 saturated carbocycles. The number of aromatic amines is 1. The van der Waals surface area contributed by atoms with E-state index in [0.717, 1.165) is 13.1 Å². The number of rotatable bonds is 6. The first-order valence-corrected chi connectivity index (χ1v) is 13.0. The molecule has 3 aromatic carbocycles. The van der Waals surface area contributed by atoms with E-state index in [0.29, 0.717) is 40.0 Å². The van der Waals surface area contributed by atoms with Crippen LogP contribution < -0.4 is 10.2 Å². The van der Waals surface area contributed by atoms with Crippen molar-refractivity contribution >= 4 is 34.7 Å². The lowest BCUT2D eigenvalue weighted by atomic mass is 9.93. The van der Waals surface area contributed by atoms with Crippen molar-refractivity contribution in [2.45, 2.75) is 25.0 Å². The zero-order valence-corrected chi connectivity index (χ0v) is 21.2. The molecule has 9 nitrogen and oxygen atoms in total. The Morgan fingerprint density at radius 1 is 1.08 bits per heavy atom. The third-order valence-corrected chi connectivity index (χ3v) is 7.34. The number of carbonyl (C=O) groups excluding carboxylic acids is 2. The van der Waals surface area contributed by atoms with Gasteiger partial charge in [-0.25, -0.2) is 14.2 Å². The number of hydrogen-bond donors (Lipinski definition) is 3. The Morgan fingerprint density at radius 2 is 1.85 bits per heavy atom. The Bertz CT molecular complexity index is 1530. The van der Waals surface area contributed by atoms with Crippen molar-refractivity contribution in [2.75, 3.05) is 36.5 Å². The number of fused-ring (bicyclic) bond motifs is 2. The molecule has 200 valence electrons. The average Bonchev–Trinajstić information content (AvgIpc) is 3.45. The van der Waals surface area contributed by atoms with E-state index in [1.165, 1.54) is 48.4 Å². The van der Waals surface area contributed by atoms with Crippen LogP contribution in [0, 0.1) is 5.82 Å². The van der Waals surface area contributed by atoms with Crippen molar-refractivity contribution in [3.8, 4) is 0 Å². The molecule has 2 amide bonds. The molecule has 3 heterocycles. The van der Waals surface area contributed by atoms with Gasteiger partial charge in [-0.05, 0) is 68.4 Å². The fourth-order valence-electron chi connectivity index (χ4n) is 5.41. The summed E-state index contributed by atoms with van der Waals surface area (Å²) in [6, 6.07) is 17.3. The number of halogens is 1. The van der Waals surface area contributed by atoms with Crippen LogP contribution in [-0.2, 0) is 10.5 Å². The number of nitrogens with one attached hydrogen (secondary N) is 2. The summed E-state index contributed by atoms with van der Waals surface area (Å²) in [6.07, 6.45) is 2.98. The summed E-state index contributed by atoms with van der Waals surface area (Å²) in [5.74, 6) is -0.652. The van der Waals surface area contributed by atoms with Gasteiger partial charge in [0.05, 0.1) is 11.0 Å². The quantitative estimate of drug-likeness (QED) is 0.337. The van der Waals surface area contributed by atoms with Gasteiger partial charge in [0.1, 0.15) is 12.4 Å². The van der Waals surface area contributed by atoms with Crippen LogP contribution in [0.1, 0.15) is 40.7 Å². The van der Waals surface area contributed by atoms with Gasteiger partial charge in [0.25, 0.3) is 5.91 Å². The summed E-state index contributed by atoms with van der Waals surface area (Å²) >= 11 is 0. The predicted molar refractivity (Wildman–Crippen MR) is 144 cm³/mol. The van der Waals surface area contributed by atoms with Crippen LogP contribution >= 0.6 is 0 Å². The van der Waals surface area contributed by atoms with Crippen molar-refractivity contribution in [3.63, 3.8) is 0 Å². The van der Waals surface area contributed by atoms with Gasteiger partial charge in [-0.15, -0.1) is 0 Å². The molecule has 10 heteroatoms. The first-order chi connectivity index (χ1) is 18.9. The molecular formula is C29H28FN5O4. The fourth-order valence-corrected chi connectivity index (χ4v) is 5.41. The summed E-state index contributed by atoms with van der Waals surface area (Å²) < 4.78 is 19.0. The molecule has 0 radical (unpaired) electrons. The lowest BCUT2D eigenvalue weighted by Crippen LogP contribution is -2.45. The van der Waals surface area contributed by atoms with Gasteiger partial charge in [0.2, 0.25) is 5.95 Å². The van der Waals surface area contributed by atoms with Gasteiger partial charge in [-0.1, -0.05) is 30.7 Å². The van der Waals surface area contributed by atoms with Crippen LogP contribution in [0.5, 0.6) is 0 Å². The monoisotopic (exact) mass is 529 g/mol. The molecule has 0 spiro atoms. The van der Waals surface area contributed by atoms with Gasteiger partial charge in [0.15, 0.2) is 5.72 Å². The van der Waals surface area contributed by atoms with E-state index in [4.69, 9.17) is 4.74 Å². The number of anilines is 2. The predicted octanol–water partition coefficient (Wildman–Crippen LogP) is 4.59. The van der Waals surface area contributed by atoms with Crippen molar-refractivity contribution in [3.05, 3.63) is 89.2 Å². The highest BCUT2D eigenvalue weighted by Crippen LogP contribution is 2.45. The molecule has 1 saturated heterocycles. The third-order valence-electron chi connectivity index (χ3n) is 7.34. The molecule has 4 aromatic rings. The fraction of sp³-hybridized carbons (Fsp3) is 0.276. The second-order valence-electron chi connectivity index (χ2n) is 9.82. The molecular weight excluding hydrogens is 501 g/mol. The van der Waals surface area contributed by atoms with Crippen molar-refractivity contribution in [1.29, 1.82) is 0 Å². The van der Waals surface area contributed by atoms with Crippen LogP contribution in [0.2, 0.25) is 0 Å². The van der Waals surface area contributed by atoms with E-state index in [1.807, 2.05) is 0 Å². The highest BCUT2D eigenvalue weighted by molar-refractivity contribution is 6.12. The number of likely N-dealkylation sites (tertiary alicyclic amines) is 1. The smallest absolute Gasteiger partial charge is 0.414 e. The third kappa shape index (κ3) is 4.62. The number of imidazole rings is 1. The van der Waals surface area contributed by atoms with Crippen molar-refractivity contribution in [2.24, 2.45) is 0 Å². The second kappa shape index (κ2) is 10.1. The van der Waals surface area contributed by atoms with Gasteiger partial charge >= 0.3 is 6.09 Å². The van der Waals surface area contributed by atoms with Crippen molar-refractivity contribution < 1.29 is 23.8 Å². The molecule has 6 rings (SSSR count). The minimum Gasteiger partial charge on any atom is -0.448 e. The highest BCUT2D eigenvalue weighted by Gasteiger charge is 2.50. The number of carbonyl (C=O) groups is 2. The number of aliphatic hydroxyl groups is 1. The first-order valence-electron chi connectivity index (χ1n) is 13.0. The Morgan fingerprint density at radius 3 is 2.64 bits per heavy atom. The molecule has 2 aliphatic rings. The standard InChI is InChI=1S/C29H28FN5O4/c30-20-9-11-21(12-10-20)35-26(36)22-6-2-3-7-23(22)29(35,38)19-8-13-24-25(18-19)32-27(31-24)33-28(37)39-17-16-34-14-4-1-5-15-34/h2-3,6-13,18,38H,1,4-5,14-17H2,(H2,31,32,33,37). The van der Waals surface area contributed by atoms with E-state index in [-0.39, 0.29) is 12.6 Å². The first kappa shape index (κ1) is 25.0. The van der Waals surface area contributed by atoms with E-state index in [9.17, 15) is 19.1 Å². The highest BCUT2D eigenvalue weighted by atomic mass is 19.1. The summed E-state index contributed by atoms with van der Waals surface area (Å²) in [6.45, 7) is 3.03. The minimum absolute atomic E-state index is 0.204. The minimum atomic E-state index is -1.86. The number of ether oxygens (including phenoxy) is 1. The number of nitrogens with zero attached hydrogens (tertiary/aromatic N) is 3. The van der Waals surface area contributed by atoms with Crippen LogP contribution in [0.4, 0.5) is 20.8 Å². The molecule has 1 unspecified atom stereocenters. The SMILES string of the molecule is O=C(Nc1nc2cc(C3(O)c4ccccc4C(=O)N3c3ccc(F)cc3)ccc2[nH]1)OCCN1CCCCC1. The normalized spacial score (nSPS) is 19.3. The van der Waals surface area contributed by atoms with E-state index < -0.39 is 23.5 Å². The lowest BCUT2D eigenvalue weighted by Gasteiger charge is -2.34. The largest absolute Gasteiger partial charge is 0.448 e. The maximum absolute atomic E-state index is 13.7. The number of piperidine rings is 1. The summed E-state index contributed by atoms with van der Waals surface area (Å²) in [5, 5.41) is 14.8. The molecule has 3 N–H and O–H groups in total. The van der Waals surface area contributed by atoms with Crippen LogP contribution in [0.25, 0.3) is 11.0 Å². The van der Waals surface area contributed by atoms with E-state index in [2.05, 4.69) is 20.2 Å². The van der Waals surface area contributed by atoms with Crippen LogP contribution in [-0.4, -0.2) is 58.2 Å². The maximum atomic E-state index is 13.7. The molecule has 1 atom stereocenters. The zero-order valence-electron chi connectivity index (χ0n) is 21.2. The molecule has 39 heavy (non-hydrogen) atoms. The molecule has 0 bridgehead atoms. The average molecular weight is 530 g/mol. The Labute approximate surface area is 224 Å². The maximum Gasteiger partial charge on any atom is 0.414 e. The Kier molecular flexibility index (Phi) is 6.49. The van der Waals surface area contributed by atoms with Crippen molar-refractivity contribution in [1.82, 2.24) is 14.9 Å². The molecule has 0 aliphatic carbocycles. The second-order valence-corrected chi connectivity index (χ2v) is 9.82. The van der Waals surface area contributed by atoms with Gasteiger partial charge in [-0.3, -0.25) is 19.9 Å². The summed E-state index contributed by atoms with van der Waals surface area (Å²) in [5.41, 5.74) is 0.722. The summed E-state index contributed by atoms with van der Waals surface area (Å²) in [4.78, 5) is 36.8. The Balaban J connectivity index is 1.26. The topological polar surface area (TPSA) is 111 Å². The Hall–Kier alpha value is -4.28.